The average Bonchev–Trinajstić information content (AvgIpc) is 1.64. The Balaban J connectivity index is 0.000000144. The molecule has 0 saturated carbocycles. The van der Waals surface area contributed by atoms with Crippen molar-refractivity contribution in [2.75, 3.05) is 78.7 Å². The third-order valence-corrected chi connectivity index (χ3v) is 24.7. The summed E-state index contributed by atoms with van der Waals surface area (Å²) < 4.78 is 34.7. The molecule has 3 saturated heterocycles. The molecule has 9 aromatic carbocycles. The average molecular weight is 1520 g/mol. The second kappa shape index (κ2) is 36.8. The van der Waals surface area contributed by atoms with Crippen molar-refractivity contribution in [1.29, 1.82) is 0 Å². The smallest absolute Gasteiger partial charge is 0.204 e. The summed E-state index contributed by atoms with van der Waals surface area (Å²) in [5, 5.41) is 33.1. The molecule has 0 bridgehead atoms. The summed E-state index contributed by atoms with van der Waals surface area (Å²) >= 11 is 4.24. The molecule has 109 heavy (non-hydrogen) atoms. The predicted molar refractivity (Wildman–Crippen MR) is 446 cm³/mol. The molecule has 0 unspecified atom stereocenters. The number of halogens is 1. The van der Waals surface area contributed by atoms with Gasteiger partial charge < -0.3 is 29.5 Å². The summed E-state index contributed by atoms with van der Waals surface area (Å²) in [6.45, 7) is 21.4. The largest absolute Gasteiger partial charge is 0.508 e. The summed E-state index contributed by atoms with van der Waals surface area (Å²) in [5.41, 5.74) is 11.7. The second-order valence-corrected chi connectivity index (χ2v) is 32.2. The minimum Gasteiger partial charge on any atom is -0.508 e. The van der Waals surface area contributed by atoms with Crippen molar-refractivity contribution in [2.24, 2.45) is 0 Å². The summed E-state index contributed by atoms with van der Waals surface area (Å²) in [6, 6.07) is 56.4. The van der Waals surface area contributed by atoms with Gasteiger partial charge in [0.25, 0.3) is 0 Å². The summed E-state index contributed by atoms with van der Waals surface area (Å²) in [5.74, 6) is 2.62. The van der Waals surface area contributed by atoms with E-state index in [4.69, 9.17) is 14.2 Å². The number of benzene rings is 9. The predicted octanol–water partition coefficient (Wildman–Crippen LogP) is 22.2. The molecule has 12 nitrogen and oxygen atoms in total. The lowest BCUT2D eigenvalue weighted by atomic mass is 9.94. The van der Waals surface area contributed by atoms with Crippen LogP contribution in [-0.4, -0.2) is 126 Å². The standard InChI is InChI=1S/C31H32FNO3S.2C31H33NO3S/c1-20-17-23(32)18-21(2)28(20)30(35)31-29(26-12-9-24(34)19-27(26)37-31)22-7-10-25(11-8-22)36-16-15-33-13-5-3-4-6-14-33;1-21-8-7-9-22(2)28(21)30(34)31-29(26-15-12-24(33)20-27(26)36-31)23-10-13-25(14-11-23)35-19-18-32-16-5-3-4-6-17-32;1-2-22-9-5-6-10-26(22)30(34)31-29(27-16-13-24(33)21-28(27)36-31)23-11-14-25(15-12-23)35-20-19-32-17-7-3-4-8-18-32/h7-12,17-19,34H,3-6,13-16H2,1-2H3;7-15,20,33H,3-6,16-19H2,1-2H3;5-6,9-16,21,33H,2-4,7-8,17-20H2,1H3. The molecule has 0 radical (unpaired) electrons. The van der Waals surface area contributed by atoms with Crippen LogP contribution in [0.3, 0.4) is 0 Å². The Hall–Kier alpha value is -9.52. The summed E-state index contributed by atoms with van der Waals surface area (Å²) in [7, 11) is 0. The first-order valence-electron chi connectivity index (χ1n) is 38.7. The number of nitrogens with zero attached hydrogens (tertiary/aromatic N) is 3. The number of ether oxygens (including phenoxy) is 3. The highest BCUT2D eigenvalue weighted by atomic mass is 32.1. The van der Waals surface area contributed by atoms with Crippen molar-refractivity contribution in [3.8, 4) is 67.9 Å². The summed E-state index contributed by atoms with van der Waals surface area (Å²) in [4.78, 5) is 50.9. The highest BCUT2D eigenvalue weighted by Gasteiger charge is 2.28. The van der Waals surface area contributed by atoms with E-state index in [1.165, 1.54) is 149 Å². The van der Waals surface area contributed by atoms with Gasteiger partial charge in [-0.3, -0.25) is 29.1 Å². The number of rotatable bonds is 22. The first kappa shape index (κ1) is 77.6. The lowest BCUT2D eigenvalue weighted by Crippen LogP contribution is -2.29. The van der Waals surface area contributed by atoms with Gasteiger partial charge in [-0.25, -0.2) is 4.39 Å². The zero-order valence-electron chi connectivity index (χ0n) is 63.2. The van der Waals surface area contributed by atoms with Gasteiger partial charge in [0, 0.05) is 83.3 Å². The van der Waals surface area contributed by atoms with E-state index in [2.05, 4.69) is 21.6 Å². The number of thiophene rings is 3. The van der Waals surface area contributed by atoms with E-state index in [9.17, 15) is 34.1 Å². The van der Waals surface area contributed by atoms with E-state index in [1.54, 1.807) is 50.2 Å². The maximum Gasteiger partial charge on any atom is 0.204 e. The number of carbonyl (C=O) groups is 3. The molecule has 0 aliphatic carbocycles. The van der Waals surface area contributed by atoms with Crippen LogP contribution in [-0.2, 0) is 6.42 Å². The number of hydrogen-bond acceptors (Lipinski definition) is 15. The van der Waals surface area contributed by atoms with E-state index in [1.807, 2.05) is 147 Å². The minimum atomic E-state index is -0.348. The number of carbonyl (C=O) groups excluding carboxylic acids is 3. The molecule has 12 aromatic rings. The van der Waals surface area contributed by atoms with Crippen LogP contribution in [0, 0.1) is 33.5 Å². The first-order valence-corrected chi connectivity index (χ1v) is 41.2. The normalized spacial score (nSPS) is 14.6. The van der Waals surface area contributed by atoms with Crippen molar-refractivity contribution < 1.29 is 48.3 Å². The lowest BCUT2D eigenvalue weighted by molar-refractivity contribution is 0.103. The molecule has 0 atom stereocenters. The van der Waals surface area contributed by atoms with Crippen LogP contribution < -0.4 is 14.2 Å². The fraction of sp³-hybridized carbons (Fsp3) is 0.323. The molecule has 15 rings (SSSR count). The van der Waals surface area contributed by atoms with Crippen molar-refractivity contribution >= 4 is 81.6 Å². The van der Waals surface area contributed by atoms with Gasteiger partial charge in [0.05, 0.1) is 14.6 Å². The number of phenols is 3. The monoisotopic (exact) mass is 1520 g/mol. The first-order chi connectivity index (χ1) is 53.0. The Bertz CT molecular complexity index is 5090. The number of aromatic hydroxyl groups is 3. The highest BCUT2D eigenvalue weighted by molar-refractivity contribution is 7.22. The van der Waals surface area contributed by atoms with Crippen molar-refractivity contribution in [2.45, 2.75) is 118 Å². The summed E-state index contributed by atoms with van der Waals surface area (Å²) in [6.07, 6.45) is 16.4. The molecule has 0 spiro atoms. The van der Waals surface area contributed by atoms with Gasteiger partial charge in [-0.2, -0.15) is 0 Å². The second-order valence-electron chi connectivity index (χ2n) is 29.0. The topological polar surface area (TPSA) is 149 Å². The fourth-order valence-electron chi connectivity index (χ4n) is 15.5. The van der Waals surface area contributed by atoms with Crippen LogP contribution in [0.25, 0.3) is 63.6 Å². The SMILES string of the molecule is CCc1ccccc1C(=O)c1sc2cc(O)ccc2c1-c1ccc(OCCN2CCCCCC2)cc1.Cc1cc(F)cc(C)c1C(=O)c1sc2cc(O)ccc2c1-c1ccc(OCCN2CCCCCC2)cc1.Cc1cccc(C)c1C(=O)c1sc2cc(O)ccc2c1-c1ccc(OCCN2CCCCCC2)cc1. The Morgan fingerprint density at radius 3 is 1.04 bits per heavy atom. The van der Waals surface area contributed by atoms with Crippen molar-refractivity contribution in [3.05, 3.63) is 247 Å². The van der Waals surface area contributed by atoms with Crippen LogP contribution in [0.4, 0.5) is 4.39 Å². The number of ketones is 3. The van der Waals surface area contributed by atoms with Gasteiger partial charge >= 0.3 is 0 Å². The maximum atomic E-state index is 13.9. The van der Waals surface area contributed by atoms with Crippen molar-refractivity contribution in [1.82, 2.24) is 14.7 Å². The van der Waals surface area contributed by atoms with Gasteiger partial charge in [-0.15, -0.1) is 34.0 Å². The molecule has 564 valence electrons. The molecule has 0 amide bonds. The molecule has 3 N–H and O–H groups in total. The van der Waals surface area contributed by atoms with Crippen molar-refractivity contribution in [3.63, 3.8) is 0 Å². The molecular formula is C93H98FN3O9S3. The highest BCUT2D eigenvalue weighted by Crippen LogP contribution is 2.46. The van der Waals surface area contributed by atoms with Crippen LogP contribution in [0.2, 0.25) is 0 Å². The minimum absolute atomic E-state index is 0.0269. The number of likely N-dealkylation sites (tertiary alicyclic amines) is 3. The third kappa shape index (κ3) is 19.0. The third-order valence-electron chi connectivity index (χ3n) is 21.3. The van der Waals surface area contributed by atoms with E-state index >= 15 is 0 Å². The molecule has 3 fully saturated rings. The molecule has 3 aliphatic rings. The van der Waals surface area contributed by atoms with Crippen LogP contribution >= 0.6 is 34.0 Å². The molecule has 3 aromatic heterocycles. The number of aryl methyl sites for hydroxylation is 5. The van der Waals surface area contributed by atoms with Gasteiger partial charge in [0.15, 0.2) is 0 Å². The van der Waals surface area contributed by atoms with Crippen LogP contribution in [0.15, 0.2) is 182 Å². The van der Waals surface area contributed by atoms with Crippen LogP contribution in [0.5, 0.6) is 34.5 Å². The number of phenolic OH excluding ortho intramolecular Hbond substituents is 3. The molecule has 16 heteroatoms. The molecule has 3 aliphatic heterocycles. The number of fused-ring (bicyclic) bond motifs is 3. The van der Waals surface area contributed by atoms with Crippen LogP contribution in [0.1, 0.15) is 157 Å². The molecular weight excluding hydrogens is 1420 g/mol. The Morgan fingerprint density at radius 1 is 0.376 bits per heavy atom. The van der Waals surface area contributed by atoms with E-state index in [0.717, 1.165) is 148 Å². The van der Waals surface area contributed by atoms with E-state index in [0.29, 0.717) is 51.1 Å². The zero-order chi connectivity index (χ0) is 75.9. The van der Waals surface area contributed by atoms with Gasteiger partial charge in [-0.05, 0) is 260 Å². The quantitative estimate of drug-likeness (QED) is 0.0555. The van der Waals surface area contributed by atoms with E-state index < -0.39 is 0 Å². The van der Waals surface area contributed by atoms with E-state index in [-0.39, 0.29) is 40.4 Å². The Kier molecular flexibility index (Phi) is 26.2. The zero-order valence-corrected chi connectivity index (χ0v) is 65.7. The Labute approximate surface area is 652 Å². The van der Waals surface area contributed by atoms with Gasteiger partial charge in [0.1, 0.15) is 60.1 Å². The maximum absolute atomic E-state index is 13.9. The molecule has 6 heterocycles. The number of hydrogen-bond donors (Lipinski definition) is 3. The lowest BCUT2D eigenvalue weighted by Gasteiger charge is -2.19. The van der Waals surface area contributed by atoms with Gasteiger partial charge in [-0.1, -0.05) is 124 Å². The van der Waals surface area contributed by atoms with Gasteiger partial charge in [0.2, 0.25) is 17.3 Å². The Morgan fingerprint density at radius 2 is 0.697 bits per heavy atom. The fourth-order valence-corrected chi connectivity index (χ4v) is 19.2.